The third-order valence-corrected chi connectivity index (χ3v) is 1.66. The van der Waals surface area contributed by atoms with Crippen LogP contribution in [0.15, 0.2) is 6.07 Å². The number of ether oxygens (including phenoxy) is 2. The Bertz CT molecular complexity index is 371. The summed E-state index contributed by atoms with van der Waals surface area (Å²) in [5, 5.41) is 8.67. The Morgan fingerprint density at radius 3 is 1.86 bits per heavy atom. The monoisotopic (exact) mass is 199 g/mol. The Kier molecular flexibility index (Phi) is 2.87. The molecule has 0 heterocycles. The van der Waals surface area contributed by atoms with E-state index in [9.17, 15) is 8.78 Å². The van der Waals surface area contributed by atoms with Crippen LogP contribution in [-0.2, 0) is 0 Å². The molecule has 0 saturated heterocycles. The van der Waals surface area contributed by atoms with Crippen molar-refractivity contribution in [2.75, 3.05) is 14.2 Å². The van der Waals surface area contributed by atoms with E-state index in [1.807, 2.05) is 0 Å². The number of nitrogens with zero attached hydrogens (tertiary/aromatic N) is 1. The highest BCUT2D eigenvalue weighted by Crippen LogP contribution is 2.32. The average Bonchev–Trinajstić information content (AvgIpc) is 2.16. The summed E-state index contributed by atoms with van der Waals surface area (Å²) in [4.78, 5) is 0. The van der Waals surface area contributed by atoms with Crippen molar-refractivity contribution in [1.82, 2.24) is 0 Å². The fourth-order valence-corrected chi connectivity index (χ4v) is 1.08. The summed E-state index contributed by atoms with van der Waals surface area (Å²) in [5.41, 5.74) is -0.285. The van der Waals surface area contributed by atoms with E-state index in [0.717, 1.165) is 0 Å². The Morgan fingerprint density at radius 2 is 1.57 bits per heavy atom. The summed E-state index contributed by atoms with van der Waals surface area (Å²) in [6, 6.07) is 2.23. The minimum absolute atomic E-state index is 0.285. The molecule has 1 rings (SSSR count). The Labute approximate surface area is 79.5 Å². The molecule has 0 aliphatic carbocycles. The van der Waals surface area contributed by atoms with Gasteiger partial charge in [0.2, 0.25) is 0 Å². The van der Waals surface area contributed by atoms with Gasteiger partial charge in [-0.1, -0.05) is 0 Å². The van der Waals surface area contributed by atoms with Crippen LogP contribution in [0, 0.1) is 23.0 Å². The van der Waals surface area contributed by atoms with Crippen LogP contribution in [0.25, 0.3) is 0 Å². The van der Waals surface area contributed by atoms with Gasteiger partial charge in [0.05, 0.1) is 14.2 Å². The third-order valence-electron chi connectivity index (χ3n) is 1.66. The maximum absolute atomic E-state index is 13.0. The first kappa shape index (κ1) is 10.3. The van der Waals surface area contributed by atoms with Crippen molar-refractivity contribution < 1.29 is 18.3 Å². The lowest BCUT2D eigenvalue weighted by atomic mass is 10.2. The van der Waals surface area contributed by atoms with E-state index in [4.69, 9.17) is 5.26 Å². The molecule has 0 atom stereocenters. The molecule has 0 bridgehead atoms. The van der Waals surface area contributed by atoms with Crippen LogP contribution in [0.5, 0.6) is 11.5 Å². The van der Waals surface area contributed by atoms with E-state index in [1.54, 1.807) is 6.07 Å². The highest BCUT2D eigenvalue weighted by atomic mass is 19.1. The van der Waals surface area contributed by atoms with Crippen LogP contribution in [0.4, 0.5) is 8.78 Å². The molecule has 74 valence electrons. The van der Waals surface area contributed by atoms with Crippen LogP contribution < -0.4 is 9.47 Å². The summed E-state index contributed by atoms with van der Waals surface area (Å²) in [7, 11) is 2.38. The van der Waals surface area contributed by atoms with Crippen molar-refractivity contribution in [3.8, 4) is 17.6 Å². The van der Waals surface area contributed by atoms with Crippen LogP contribution >= 0.6 is 0 Å². The van der Waals surface area contributed by atoms with Crippen molar-refractivity contribution in [2.24, 2.45) is 0 Å². The zero-order chi connectivity index (χ0) is 10.7. The standard InChI is InChI=1S/C9H7F2NO2/c1-13-8-5(4-12)9(14-2)7(11)3-6(8)10/h3H,1-2H3. The van der Waals surface area contributed by atoms with Gasteiger partial charge < -0.3 is 9.47 Å². The maximum atomic E-state index is 13.0. The highest BCUT2D eigenvalue weighted by Gasteiger charge is 2.19. The zero-order valence-corrected chi connectivity index (χ0v) is 7.60. The van der Waals surface area contributed by atoms with Crippen LogP contribution in [0.2, 0.25) is 0 Å². The summed E-state index contributed by atoms with van der Waals surface area (Å²) >= 11 is 0. The van der Waals surface area contributed by atoms with Gasteiger partial charge in [-0.3, -0.25) is 0 Å². The second-order valence-electron chi connectivity index (χ2n) is 2.39. The molecule has 0 radical (unpaired) electrons. The predicted octanol–water partition coefficient (Wildman–Crippen LogP) is 1.85. The summed E-state index contributed by atoms with van der Waals surface area (Å²) < 4.78 is 35.3. The van der Waals surface area contributed by atoms with E-state index in [0.29, 0.717) is 6.07 Å². The second-order valence-corrected chi connectivity index (χ2v) is 2.39. The van der Waals surface area contributed by atoms with Gasteiger partial charge in [-0.25, -0.2) is 8.78 Å². The zero-order valence-electron chi connectivity index (χ0n) is 7.60. The fraction of sp³-hybridized carbons (Fsp3) is 0.222. The van der Waals surface area contributed by atoms with Crippen molar-refractivity contribution in [3.05, 3.63) is 23.3 Å². The highest BCUT2D eigenvalue weighted by molar-refractivity contribution is 5.54. The molecule has 0 aliphatic rings. The van der Waals surface area contributed by atoms with E-state index in [-0.39, 0.29) is 17.1 Å². The summed E-state index contributed by atoms with van der Waals surface area (Å²) in [5.74, 6) is -2.48. The number of nitriles is 1. The van der Waals surface area contributed by atoms with Crippen molar-refractivity contribution in [3.63, 3.8) is 0 Å². The first-order valence-electron chi connectivity index (χ1n) is 3.65. The molecule has 0 unspecified atom stereocenters. The first-order chi connectivity index (χ1) is 6.65. The van der Waals surface area contributed by atoms with Crippen LogP contribution in [-0.4, -0.2) is 14.2 Å². The lowest BCUT2D eigenvalue weighted by molar-refractivity contribution is 0.356. The normalized spacial score (nSPS) is 9.36. The minimum Gasteiger partial charge on any atom is -0.492 e. The van der Waals surface area contributed by atoms with E-state index in [2.05, 4.69) is 9.47 Å². The average molecular weight is 199 g/mol. The van der Waals surface area contributed by atoms with Gasteiger partial charge in [-0.2, -0.15) is 5.26 Å². The molecule has 0 N–H and O–H groups in total. The molecule has 0 aliphatic heterocycles. The molecule has 1 aromatic carbocycles. The second kappa shape index (κ2) is 3.92. The Hall–Kier alpha value is -1.83. The molecule has 1 aromatic rings. The Morgan fingerprint density at radius 1 is 1.14 bits per heavy atom. The topological polar surface area (TPSA) is 42.2 Å². The predicted molar refractivity (Wildman–Crippen MR) is 44.2 cm³/mol. The molecule has 0 fully saturated rings. The van der Waals surface area contributed by atoms with E-state index < -0.39 is 11.6 Å². The van der Waals surface area contributed by atoms with Gasteiger partial charge in [0.25, 0.3) is 0 Å². The SMILES string of the molecule is COc1c(F)cc(F)c(OC)c1C#N. The number of halogens is 2. The lowest BCUT2D eigenvalue weighted by Crippen LogP contribution is -1.99. The quantitative estimate of drug-likeness (QED) is 0.729. The largest absolute Gasteiger partial charge is 0.492 e. The molecule has 0 spiro atoms. The van der Waals surface area contributed by atoms with Crippen molar-refractivity contribution >= 4 is 0 Å². The first-order valence-corrected chi connectivity index (χ1v) is 3.65. The van der Waals surface area contributed by atoms with E-state index in [1.165, 1.54) is 14.2 Å². The van der Waals surface area contributed by atoms with E-state index >= 15 is 0 Å². The molecule has 0 aromatic heterocycles. The summed E-state index contributed by atoms with van der Waals surface area (Å²) in [6.07, 6.45) is 0. The molecule has 0 amide bonds. The molecule has 5 heteroatoms. The smallest absolute Gasteiger partial charge is 0.176 e. The lowest BCUT2D eigenvalue weighted by Gasteiger charge is -2.09. The van der Waals surface area contributed by atoms with Crippen molar-refractivity contribution in [2.45, 2.75) is 0 Å². The Balaban J connectivity index is 3.53. The van der Waals surface area contributed by atoms with Gasteiger partial charge >= 0.3 is 0 Å². The molecule has 3 nitrogen and oxygen atoms in total. The van der Waals surface area contributed by atoms with Gasteiger partial charge in [-0.05, 0) is 0 Å². The number of rotatable bonds is 2. The number of hydrogen-bond donors (Lipinski definition) is 0. The maximum Gasteiger partial charge on any atom is 0.176 e. The molecule has 14 heavy (non-hydrogen) atoms. The number of methoxy groups -OCH3 is 2. The molecular formula is C9H7F2NO2. The summed E-state index contributed by atoms with van der Waals surface area (Å²) in [6.45, 7) is 0. The van der Waals surface area contributed by atoms with Gasteiger partial charge in [0.15, 0.2) is 23.1 Å². The minimum atomic E-state index is -0.928. The van der Waals surface area contributed by atoms with Crippen LogP contribution in [0.3, 0.4) is 0 Å². The van der Waals surface area contributed by atoms with Crippen molar-refractivity contribution in [1.29, 1.82) is 5.26 Å². The van der Waals surface area contributed by atoms with Gasteiger partial charge in [0.1, 0.15) is 11.6 Å². The third kappa shape index (κ3) is 1.46. The van der Waals surface area contributed by atoms with Crippen LogP contribution in [0.1, 0.15) is 5.56 Å². The number of hydrogen-bond acceptors (Lipinski definition) is 3. The molecule has 0 saturated carbocycles. The fourth-order valence-electron chi connectivity index (χ4n) is 1.08. The van der Waals surface area contributed by atoms with Gasteiger partial charge in [-0.15, -0.1) is 0 Å². The molecular weight excluding hydrogens is 192 g/mol. The number of benzene rings is 1. The van der Waals surface area contributed by atoms with Gasteiger partial charge in [0, 0.05) is 6.07 Å².